The molecule has 1 rings (SSSR count). The summed E-state index contributed by atoms with van der Waals surface area (Å²) >= 11 is 0. The van der Waals surface area contributed by atoms with E-state index in [1.807, 2.05) is 6.07 Å². The lowest BCUT2D eigenvalue weighted by Crippen LogP contribution is -2.02. The minimum atomic E-state index is -0.548. The zero-order chi connectivity index (χ0) is 13.7. The van der Waals surface area contributed by atoms with Gasteiger partial charge in [0.2, 0.25) is 0 Å². The molecule has 0 fully saturated rings. The van der Waals surface area contributed by atoms with Gasteiger partial charge in [-0.15, -0.1) is 0 Å². The summed E-state index contributed by atoms with van der Waals surface area (Å²) in [7, 11) is 1.36. The molecule has 18 heavy (non-hydrogen) atoms. The molecule has 0 unspecified atom stereocenters. The van der Waals surface area contributed by atoms with Gasteiger partial charge in [-0.25, -0.2) is 0 Å². The molecule has 0 aliphatic carbocycles. The summed E-state index contributed by atoms with van der Waals surface area (Å²) < 4.78 is 4.89. The van der Waals surface area contributed by atoms with Gasteiger partial charge < -0.3 is 10.5 Å². The molecule has 2 N–H and O–H groups in total. The summed E-state index contributed by atoms with van der Waals surface area (Å²) in [5, 5.41) is 19.8. The fraction of sp³-hybridized carbons (Fsp3) is 0.250. The molecule has 0 heterocycles. The fourth-order valence-corrected chi connectivity index (χ4v) is 1.50. The summed E-state index contributed by atoms with van der Waals surface area (Å²) in [5.74, 6) is 0.159. The van der Waals surface area contributed by atoms with Crippen LogP contribution in [-0.4, -0.2) is 12.0 Å². The molecule has 0 atom stereocenters. The maximum Gasteiger partial charge on any atom is 0.311 e. The Kier molecular flexibility index (Phi) is 4.27. The lowest BCUT2D eigenvalue weighted by atomic mass is 10.0. The third-order valence-electron chi connectivity index (χ3n) is 2.50. The molecule has 0 bridgehead atoms. The van der Waals surface area contributed by atoms with Crippen LogP contribution in [0.15, 0.2) is 23.8 Å². The van der Waals surface area contributed by atoms with Crippen LogP contribution in [0.2, 0.25) is 0 Å². The minimum Gasteiger partial charge on any atom is -0.490 e. The van der Waals surface area contributed by atoms with E-state index in [0.717, 1.165) is 0 Å². The molecule has 6 nitrogen and oxygen atoms in total. The van der Waals surface area contributed by atoms with Crippen LogP contribution in [0.25, 0.3) is 5.70 Å². The highest BCUT2D eigenvalue weighted by Gasteiger charge is 2.16. The normalized spacial score (nSPS) is 11.4. The van der Waals surface area contributed by atoms with Crippen LogP contribution in [0, 0.1) is 21.4 Å². The van der Waals surface area contributed by atoms with E-state index in [9.17, 15) is 10.1 Å². The van der Waals surface area contributed by atoms with Crippen molar-refractivity contribution in [2.24, 2.45) is 5.73 Å². The molecule has 0 aliphatic rings. The maximum atomic E-state index is 10.9. The van der Waals surface area contributed by atoms with E-state index in [-0.39, 0.29) is 17.1 Å². The lowest BCUT2D eigenvalue weighted by molar-refractivity contribution is -0.385. The van der Waals surface area contributed by atoms with Gasteiger partial charge in [0.25, 0.3) is 0 Å². The second-order valence-corrected chi connectivity index (χ2v) is 3.50. The van der Waals surface area contributed by atoms with E-state index in [4.69, 9.17) is 15.7 Å². The molecule has 0 spiro atoms. The van der Waals surface area contributed by atoms with Crippen molar-refractivity contribution in [3.05, 3.63) is 39.4 Å². The molecule has 0 saturated carbocycles. The van der Waals surface area contributed by atoms with E-state index in [1.54, 1.807) is 13.0 Å². The van der Waals surface area contributed by atoms with E-state index < -0.39 is 4.92 Å². The SMILES string of the molecule is CC/C(C#N)=C(/N)c1ccc(OC)c([N+](=O)[O-])c1. The third kappa shape index (κ3) is 2.58. The Labute approximate surface area is 104 Å². The number of hydrogen-bond acceptors (Lipinski definition) is 5. The van der Waals surface area contributed by atoms with Crippen molar-refractivity contribution in [2.75, 3.05) is 7.11 Å². The first-order valence-corrected chi connectivity index (χ1v) is 5.26. The van der Waals surface area contributed by atoms with Gasteiger partial charge in [0.15, 0.2) is 5.75 Å². The molecule has 0 amide bonds. The van der Waals surface area contributed by atoms with Crippen LogP contribution in [0.3, 0.4) is 0 Å². The van der Waals surface area contributed by atoms with Gasteiger partial charge in [-0.2, -0.15) is 5.26 Å². The van der Waals surface area contributed by atoms with Crippen LogP contribution in [-0.2, 0) is 0 Å². The van der Waals surface area contributed by atoms with Crippen molar-refractivity contribution < 1.29 is 9.66 Å². The average molecular weight is 247 g/mol. The lowest BCUT2D eigenvalue weighted by Gasteiger charge is -2.06. The number of nitriles is 1. The average Bonchev–Trinajstić information content (AvgIpc) is 2.39. The minimum absolute atomic E-state index is 0.159. The first-order chi connectivity index (χ1) is 8.54. The molecular formula is C12H13N3O3. The zero-order valence-electron chi connectivity index (χ0n) is 10.1. The number of nitro benzene ring substituents is 1. The van der Waals surface area contributed by atoms with E-state index >= 15 is 0 Å². The van der Waals surface area contributed by atoms with Crippen molar-refractivity contribution in [1.82, 2.24) is 0 Å². The summed E-state index contributed by atoms with van der Waals surface area (Å²) in [6.45, 7) is 1.79. The number of rotatable bonds is 4. The van der Waals surface area contributed by atoms with Crippen LogP contribution in [0.5, 0.6) is 5.75 Å². The molecular weight excluding hydrogens is 234 g/mol. The number of nitrogens with zero attached hydrogens (tertiary/aromatic N) is 2. The van der Waals surface area contributed by atoms with E-state index in [0.29, 0.717) is 17.6 Å². The van der Waals surface area contributed by atoms with Crippen molar-refractivity contribution in [2.45, 2.75) is 13.3 Å². The Balaban J connectivity index is 3.38. The van der Waals surface area contributed by atoms with Crippen molar-refractivity contribution >= 4 is 11.4 Å². The molecule has 6 heteroatoms. The monoisotopic (exact) mass is 247 g/mol. The number of allylic oxidation sites excluding steroid dienone is 1. The standard InChI is InChI=1S/C12H13N3O3/c1-3-8(7-13)12(14)9-4-5-11(18-2)10(6-9)15(16)17/h4-6H,3,14H2,1-2H3/b12-8-. The fourth-order valence-electron chi connectivity index (χ4n) is 1.50. The number of benzene rings is 1. The number of methoxy groups -OCH3 is 1. The molecule has 1 aromatic carbocycles. The quantitative estimate of drug-likeness (QED) is 0.499. The number of ether oxygens (including phenoxy) is 1. The Morgan fingerprint density at radius 1 is 1.61 bits per heavy atom. The van der Waals surface area contributed by atoms with Crippen LogP contribution >= 0.6 is 0 Å². The summed E-state index contributed by atoms with van der Waals surface area (Å²) in [6.07, 6.45) is 0.474. The Bertz CT molecular complexity index is 544. The van der Waals surface area contributed by atoms with Gasteiger partial charge in [0.05, 0.1) is 29.4 Å². The van der Waals surface area contributed by atoms with Gasteiger partial charge in [-0.3, -0.25) is 10.1 Å². The van der Waals surface area contributed by atoms with E-state index in [1.165, 1.54) is 19.2 Å². The zero-order valence-corrected chi connectivity index (χ0v) is 10.1. The van der Waals surface area contributed by atoms with Crippen molar-refractivity contribution in [3.8, 4) is 11.8 Å². The largest absolute Gasteiger partial charge is 0.490 e. The van der Waals surface area contributed by atoms with Gasteiger partial charge >= 0.3 is 5.69 Å². The van der Waals surface area contributed by atoms with Gasteiger partial charge in [-0.1, -0.05) is 6.92 Å². The summed E-state index contributed by atoms with van der Waals surface area (Å²) in [4.78, 5) is 10.3. The molecule has 0 radical (unpaired) electrons. The van der Waals surface area contributed by atoms with E-state index in [2.05, 4.69) is 0 Å². The third-order valence-corrected chi connectivity index (χ3v) is 2.50. The smallest absolute Gasteiger partial charge is 0.311 e. The summed E-state index contributed by atoms with van der Waals surface area (Å²) in [6, 6.07) is 6.34. The number of nitrogens with two attached hydrogens (primary N) is 1. The second-order valence-electron chi connectivity index (χ2n) is 3.50. The first kappa shape index (κ1) is 13.5. The second kappa shape index (κ2) is 5.68. The highest BCUT2D eigenvalue weighted by atomic mass is 16.6. The molecule has 0 saturated heterocycles. The van der Waals surface area contributed by atoms with Gasteiger partial charge in [0, 0.05) is 11.6 Å². The predicted octanol–water partition coefficient (Wildman–Crippen LogP) is 2.21. The Morgan fingerprint density at radius 2 is 2.28 bits per heavy atom. The Hall–Kier alpha value is -2.55. The Morgan fingerprint density at radius 3 is 2.72 bits per heavy atom. The highest BCUT2D eigenvalue weighted by molar-refractivity contribution is 5.71. The number of hydrogen-bond donors (Lipinski definition) is 1. The summed E-state index contributed by atoms with van der Waals surface area (Å²) in [5.41, 5.74) is 6.74. The molecule has 1 aromatic rings. The van der Waals surface area contributed by atoms with Gasteiger partial charge in [0.1, 0.15) is 0 Å². The van der Waals surface area contributed by atoms with Crippen LogP contribution in [0.4, 0.5) is 5.69 Å². The molecule has 94 valence electrons. The van der Waals surface area contributed by atoms with Crippen LogP contribution < -0.4 is 10.5 Å². The van der Waals surface area contributed by atoms with Crippen molar-refractivity contribution in [1.29, 1.82) is 5.26 Å². The first-order valence-electron chi connectivity index (χ1n) is 5.26. The predicted molar refractivity (Wildman–Crippen MR) is 66.7 cm³/mol. The highest BCUT2D eigenvalue weighted by Crippen LogP contribution is 2.30. The molecule has 0 aromatic heterocycles. The van der Waals surface area contributed by atoms with Crippen molar-refractivity contribution in [3.63, 3.8) is 0 Å². The maximum absolute atomic E-state index is 10.9. The van der Waals surface area contributed by atoms with Crippen LogP contribution in [0.1, 0.15) is 18.9 Å². The topological polar surface area (TPSA) is 102 Å². The molecule has 0 aliphatic heterocycles. The van der Waals surface area contributed by atoms with Gasteiger partial charge in [-0.05, 0) is 18.6 Å². The number of nitro groups is 1.